The molecule has 1 fully saturated rings. The molecule has 4 heteroatoms. The molecule has 1 saturated heterocycles. The third kappa shape index (κ3) is 3.95. The number of carbonyl (C=O) groups excluding carboxylic acids is 1. The van der Waals surface area contributed by atoms with E-state index in [1.807, 2.05) is 29.2 Å². The minimum atomic E-state index is 0.160. The predicted octanol–water partition coefficient (Wildman–Crippen LogP) is 2.12. The van der Waals surface area contributed by atoms with Crippen LogP contribution in [0.4, 0.5) is 0 Å². The van der Waals surface area contributed by atoms with Gasteiger partial charge in [0.15, 0.2) is 0 Å². The average molecular weight is 327 g/mol. The summed E-state index contributed by atoms with van der Waals surface area (Å²) < 4.78 is 0. The number of hydrogen-bond acceptors (Lipinski definition) is 2. The number of likely N-dealkylation sites (N-methyl/N-ethyl adjacent to an activating group) is 1. The van der Waals surface area contributed by atoms with E-state index in [4.69, 9.17) is 0 Å². The zero-order valence-corrected chi connectivity index (χ0v) is 14.5. The first-order chi connectivity index (χ1) is 11.1. The number of aryl methyl sites for hydroxylation is 1. The molecule has 2 aromatic rings. The lowest BCUT2D eigenvalue weighted by Crippen LogP contribution is -3.12. The highest BCUT2D eigenvalue weighted by atomic mass is 32.2. The third-order valence-electron chi connectivity index (χ3n) is 4.27. The summed E-state index contributed by atoms with van der Waals surface area (Å²) in [5, 5.41) is 0. The van der Waals surface area contributed by atoms with Gasteiger partial charge in [0.25, 0.3) is 5.91 Å². The van der Waals surface area contributed by atoms with Crippen molar-refractivity contribution in [3.05, 3.63) is 59.7 Å². The van der Waals surface area contributed by atoms with Crippen LogP contribution in [0.1, 0.15) is 15.9 Å². The van der Waals surface area contributed by atoms with Crippen LogP contribution >= 0.6 is 11.8 Å². The van der Waals surface area contributed by atoms with Crippen LogP contribution in [-0.4, -0.2) is 44.0 Å². The van der Waals surface area contributed by atoms with E-state index in [9.17, 15) is 4.79 Å². The van der Waals surface area contributed by atoms with E-state index >= 15 is 0 Å². The van der Waals surface area contributed by atoms with Gasteiger partial charge in [-0.15, -0.1) is 0 Å². The standard InChI is InChI=1S/C19H22N2OS/c1-15-7-9-16(10-8-15)23-18-6-4-3-5-17(18)19(22)21-13-11-20(2)12-14-21/h3-10H,11-14H2,1-2H3/p+1. The molecular formula is C19H23N2OS+. The maximum Gasteiger partial charge on any atom is 0.255 e. The Labute approximate surface area is 142 Å². The Bertz CT molecular complexity index is 676. The van der Waals surface area contributed by atoms with E-state index in [0.29, 0.717) is 0 Å². The predicted molar refractivity (Wildman–Crippen MR) is 94.3 cm³/mol. The maximum absolute atomic E-state index is 12.9. The molecule has 0 aromatic heterocycles. The van der Waals surface area contributed by atoms with E-state index in [2.05, 4.69) is 38.2 Å². The number of amides is 1. The van der Waals surface area contributed by atoms with Crippen molar-refractivity contribution in [2.75, 3.05) is 33.2 Å². The van der Waals surface area contributed by atoms with E-state index in [0.717, 1.165) is 36.6 Å². The summed E-state index contributed by atoms with van der Waals surface area (Å²) in [5.74, 6) is 0.160. The smallest absolute Gasteiger partial charge is 0.255 e. The summed E-state index contributed by atoms with van der Waals surface area (Å²) in [6.45, 7) is 5.82. The van der Waals surface area contributed by atoms with Gasteiger partial charge in [-0.25, -0.2) is 0 Å². The van der Waals surface area contributed by atoms with Gasteiger partial charge in [-0.1, -0.05) is 41.6 Å². The Morgan fingerprint density at radius 3 is 2.39 bits per heavy atom. The molecule has 1 amide bonds. The summed E-state index contributed by atoms with van der Waals surface area (Å²) in [4.78, 5) is 18.6. The number of quaternary nitrogens is 1. The van der Waals surface area contributed by atoms with Crippen LogP contribution in [0, 0.1) is 6.92 Å². The molecule has 120 valence electrons. The third-order valence-corrected chi connectivity index (χ3v) is 5.35. The highest BCUT2D eigenvalue weighted by Crippen LogP contribution is 2.31. The molecule has 0 bridgehead atoms. The van der Waals surface area contributed by atoms with Crippen LogP contribution in [0.3, 0.4) is 0 Å². The van der Waals surface area contributed by atoms with Gasteiger partial charge in [0.1, 0.15) is 0 Å². The van der Waals surface area contributed by atoms with Crippen LogP contribution in [-0.2, 0) is 0 Å². The van der Waals surface area contributed by atoms with Crippen molar-refractivity contribution >= 4 is 17.7 Å². The minimum absolute atomic E-state index is 0.160. The molecule has 1 N–H and O–H groups in total. The fraction of sp³-hybridized carbons (Fsp3) is 0.316. The van der Waals surface area contributed by atoms with Crippen LogP contribution in [0.5, 0.6) is 0 Å². The van der Waals surface area contributed by atoms with Crippen LogP contribution in [0.25, 0.3) is 0 Å². The largest absolute Gasteiger partial charge is 0.334 e. The topological polar surface area (TPSA) is 24.8 Å². The Morgan fingerprint density at radius 2 is 1.70 bits per heavy atom. The second-order valence-corrected chi connectivity index (χ2v) is 7.28. The minimum Gasteiger partial charge on any atom is -0.334 e. The van der Waals surface area contributed by atoms with Crippen molar-refractivity contribution in [2.24, 2.45) is 0 Å². The molecule has 1 heterocycles. The van der Waals surface area contributed by atoms with E-state index < -0.39 is 0 Å². The second kappa shape index (κ2) is 7.20. The van der Waals surface area contributed by atoms with Crippen LogP contribution < -0.4 is 4.90 Å². The number of piperazine rings is 1. The normalized spacial score (nSPS) is 15.7. The highest BCUT2D eigenvalue weighted by Gasteiger charge is 2.24. The Morgan fingerprint density at radius 1 is 1.04 bits per heavy atom. The highest BCUT2D eigenvalue weighted by molar-refractivity contribution is 7.99. The van der Waals surface area contributed by atoms with Crippen molar-refractivity contribution in [3.63, 3.8) is 0 Å². The molecule has 3 rings (SSSR count). The fourth-order valence-electron chi connectivity index (χ4n) is 2.73. The van der Waals surface area contributed by atoms with Crippen LogP contribution in [0.15, 0.2) is 58.3 Å². The Balaban J connectivity index is 1.80. The van der Waals surface area contributed by atoms with Gasteiger partial charge >= 0.3 is 0 Å². The number of nitrogens with zero attached hydrogens (tertiary/aromatic N) is 1. The molecule has 0 unspecified atom stereocenters. The molecule has 1 aliphatic rings. The first-order valence-corrected chi connectivity index (χ1v) is 8.89. The zero-order valence-electron chi connectivity index (χ0n) is 13.7. The van der Waals surface area contributed by atoms with Crippen molar-refractivity contribution in [1.29, 1.82) is 0 Å². The van der Waals surface area contributed by atoms with Gasteiger partial charge < -0.3 is 9.80 Å². The van der Waals surface area contributed by atoms with Gasteiger partial charge in [-0.3, -0.25) is 4.79 Å². The quantitative estimate of drug-likeness (QED) is 0.934. The fourth-order valence-corrected chi connectivity index (χ4v) is 3.67. The number of benzene rings is 2. The number of carbonyl (C=O) groups is 1. The van der Waals surface area contributed by atoms with Crippen LogP contribution in [0.2, 0.25) is 0 Å². The van der Waals surface area contributed by atoms with Gasteiger partial charge in [-0.05, 0) is 31.2 Å². The van der Waals surface area contributed by atoms with Gasteiger partial charge in [0.2, 0.25) is 0 Å². The molecule has 0 radical (unpaired) electrons. The summed E-state index contributed by atoms with van der Waals surface area (Å²) in [5.41, 5.74) is 2.07. The lowest BCUT2D eigenvalue weighted by molar-refractivity contribution is -0.883. The Kier molecular flexibility index (Phi) is 5.03. The van der Waals surface area contributed by atoms with E-state index in [1.165, 1.54) is 15.4 Å². The maximum atomic E-state index is 12.9. The molecule has 23 heavy (non-hydrogen) atoms. The lowest BCUT2D eigenvalue weighted by Gasteiger charge is -2.30. The SMILES string of the molecule is Cc1ccc(Sc2ccccc2C(=O)N2CC[NH+](C)CC2)cc1. The van der Waals surface area contributed by atoms with E-state index in [-0.39, 0.29) is 5.91 Å². The summed E-state index contributed by atoms with van der Waals surface area (Å²) in [6.07, 6.45) is 0. The summed E-state index contributed by atoms with van der Waals surface area (Å²) >= 11 is 1.66. The van der Waals surface area contributed by atoms with Gasteiger partial charge in [-0.2, -0.15) is 0 Å². The van der Waals surface area contributed by atoms with Crippen molar-refractivity contribution < 1.29 is 9.69 Å². The molecular weight excluding hydrogens is 304 g/mol. The molecule has 1 aliphatic heterocycles. The van der Waals surface area contributed by atoms with Crippen molar-refractivity contribution in [2.45, 2.75) is 16.7 Å². The average Bonchev–Trinajstić information content (AvgIpc) is 2.57. The van der Waals surface area contributed by atoms with Gasteiger partial charge in [0, 0.05) is 9.79 Å². The number of hydrogen-bond donors (Lipinski definition) is 1. The summed E-state index contributed by atoms with van der Waals surface area (Å²) in [6, 6.07) is 16.4. The molecule has 0 saturated carbocycles. The first-order valence-electron chi connectivity index (χ1n) is 8.07. The first kappa shape index (κ1) is 16.1. The van der Waals surface area contributed by atoms with Crippen molar-refractivity contribution in [3.8, 4) is 0 Å². The number of nitrogens with one attached hydrogen (secondary N) is 1. The van der Waals surface area contributed by atoms with Crippen molar-refractivity contribution in [1.82, 2.24) is 4.90 Å². The summed E-state index contributed by atoms with van der Waals surface area (Å²) in [7, 11) is 2.18. The molecule has 3 nitrogen and oxygen atoms in total. The Hall–Kier alpha value is -1.78. The molecule has 0 spiro atoms. The zero-order chi connectivity index (χ0) is 16.2. The van der Waals surface area contributed by atoms with Gasteiger partial charge in [0.05, 0.1) is 38.8 Å². The molecule has 0 aliphatic carbocycles. The van der Waals surface area contributed by atoms with E-state index in [1.54, 1.807) is 11.8 Å². The second-order valence-electron chi connectivity index (χ2n) is 6.16. The monoisotopic (exact) mass is 327 g/mol. The number of rotatable bonds is 3. The molecule has 0 atom stereocenters. The molecule has 2 aromatic carbocycles. The lowest BCUT2D eigenvalue weighted by atomic mass is 10.2.